The van der Waals surface area contributed by atoms with E-state index < -0.39 is 12.0 Å². The highest BCUT2D eigenvalue weighted by Crippen LogP contribution is 2.13. The lowest BCUT2D eigenvalue weighted by Gasteiger charge is -2.10. The molecule has 1 aromatic carbocycles. The number of halogens is 1. The zero-order valence-electron chi connectivity index (χ0n) is 7.12. The summed E-state index contributed by atoms with van der Waals surface area (Å²) in [5.41, 5.74) is 0.835. The number of aliphatic carboxylic acids is 1. The van der Waals surface area contributed by atoms with Crippen molar-refractivity contribution in [1.29, 1.82) is 0 Å². The number of carboxylic acids is 1. The van der Waals surface area contributed by atoms with E-state index in [1.54, 1.807) is 6.92 Å². The Hall–Kier alpha value is -0.780. The maximum atomic E-state index is 10.5. The number of nitrogens with one attached hydrogen (secondary N) is 1. The molecule has 4 heteroatoms. The molecule has 0 bridgehead atoms. The van der Waals surface area contributed by atoms with Crippen molar-refractivity contribution in [2.75, 3.05) is 5.32 Å². The summed E-state index contributed by atoms with van der Waals surface area (Å²) < 4.78 is 1.08. The Balaban J connectivity index is 2.69. The van der Waals surface area contributed by atoms with E-state index in [2.05, 4.69) is 27.9 Å². The lowest BCUT2D eigenvalue weighted by Crippen LogP contribution is -2.25. The van der Waals surface area contributed by atoms with Gasteiger partial charge in [0.1, 0.15) is 6.04 Å². The predicted octanol–water partition coefficient (Wildman–Crippen LogP) is 2.18. The summed E-state index contributed by atoms with van der Waals surface area (Å²) in [5.74, 6) is -0.848. The van der Waals surface area contributed by atoms with Gasteiger partial charge in [-0.3, -0.25) is 4.79 Å². The van der Waals surface area contributed by atoms with E-state index in [0.29, 0.717) is 0 Å². The molecule has 0 aliphatic carbocycles. The van der Waals surface area contributed by atoms with Crippen LogP contribution >= 0.6 is 22.6 Å². The van der Waals surface area contributed by atoms with Gasteiger partial charge in [-0.1, -0.05) is 6.07 Å². The van der Waals surface area contributed by atoms with Crippen molar-refractivity contribution in [3.05, 3.63) is 27.8 Å². The van der Waals surface area contributed by atoms with E-state index in [4.69, 9.17) is 5.11 Å². The number of carboxylic acid groups (broad SMARTS) is 1. The SMILES string of the molecule is CC(Nc1cccc(I)c1)C(=O)O. The molecule has 0 aliphatic heterocycles. The van der Waals surface area contributed by atoms with Crippen LogP contribution in [0.5, 0.6) is 0 Å². The number of carbonyl (C=O) groups is 1. The number of hydrogen-bond donors (Lipinski definition) is 2. The third-order valence-electron chi connectivity index (χ3n) is 1.58. The highest BCUT2D eigenvalue weighted by molar-refractivity contribution is 14.1. The molecular formula is C9H10INO2. The smallest absolute Gasteiger partial charge is 0.325 e. The maximum Gasteiger partial charge on any atom is 0.325 e. The molecular weight excluding hydrogens is 281 g/mol. The molecule has 0 heterocycles. The normalized spacial score (nSPS) is 12.2. The fraction of sp³-hybridized carbons (Fsp3) is 0.222. The summed E-state index contributed by atoms with van der Waals surface area (Å²) >= 11 is 2.18. The molecule has 1 rings (SSSR count). The molecule has 1 aromatic rings. The van der Waals surface area contributed by atoms with Crippen molar-refractivity contribution >= 4 is 34.2 Å². The highest BCUT2D eigenvalue weighted by atomic mass is 127. The second kappa shape index (κ2) is 4.45. The van der Waals surface area contributed by atoms with E-state index in [1.165, 1.54) is 0 Å². The average Bonchev–Trinajstić information content (AvgIpc) is 2.04. The number of hydrogen-bond acceptors (Lipinski definition) is 2. The Morgan fingerprint density at radius 3 is 2.85 bits per heavy atom. The van der Waals surface area contributed by atoms with Gasteiger partial charge in [0.2, 0.25) is 0 Å². The zero-order valence-corrected chi connectivity index (χ0v) is 9.28. The van der Waals surface area contributed by atoms with Crippen molar-refractivity contribution < 1.29 is 9.90 Å². The van der Waals surface area contributed by atoms with Gasteiger partial charge in [-0.2, -0.15) is 0 Å². The first-order valence-electron chi connectivity index (χ1n) is 3.84. The van der Waals surface area contributed by atoms with Gasteiger partial charge in [-0.05, 0) is 47.7 Å². The highest BCUT2D eigenvalue weighted by Gasteiger charge is 2.09. The van der Waals surface area contributed by atoms with Crippen LogP contribution in [0.3, 0.4) is 0 Å². The van der Waals surface area contributed by atoms with Crippen LogP contribution in [0.15, 0.2) is 24.3 Å². The van der Waals surface area contributed by atoms with Crippen LogP contribution in [0.1, 0.15) is 6.92 Å². The lowest BCUT2D eigenvalue weighted by molar-refractivity contribution is -0.137. The monoisotopic (exact) mass is 291 g/mol. The van der Waals surface area contributed by atoms with Gasteiger partial charge in [0.25, 0.3) is 0 Å². The topological polar surface area (TPSA) is 49.3 Å². The Bertz CT molecular complexity index is 314. The molecule has 0 fully saturated rings. The first-order valence-corrected chi connectivity index (χ1v) is 4.92. The third-order valence-corrected chi connectivity index (χ3v) is 2.25. The molecule has 13 heavy (non-hydrogen) atoms. The van der Waals surface area contributed by atoms with Crippen molar-refractivity contribution in [2.24, 2.45) is 0 Å². The minimum atomic E-state index is -0.848. The molecule has 0 saturated heterocycles. The summed E-state index contributed by atoms with van der Waals surface area (Å²) in [6.07, 6.45) is 0. The second-order valence-corrected chi connectivity index (χ2v) is 3.96. The first-order chi connectivity index (χ1) is 6.09. The Morgan fingerprint density at radius 2 is 2.31 bits per heavy atom. The van der Waals surface area contributed by atoms with E-state index >= 15 is 0 Å². The van der Waals surface area contributed by atoms with Crippen molar-refractivity contribution in [2.45, 2.75) is 13.0 Å². The minimum Gasteiger partial charge on any atom is -0.480 e. The number of benzene rings is 1. The van der Waals surface area contributed by atoms with Crippen LogP contribution in [0.25, 0.3) is 0 Å². The third kappa shape index (κ3) is 3.22. The first kappa shape index (κ1) is 10.3. The molecule has 3 nitrogen and oxygen atoms in total. The van der Waals surface area contributed by atoms with E-state index in [1.807, 2.05) is 24.3 Å². The van der Waals surface area contributed by atoms with Gasteiger partial charge in [0.15, 0.2) is 0 Å². The molecule has 0 saturated carbocycles. The van der Waals surface area contributed by atoms with Crippen LogP contribution in [0, 0.1) is 3.57 Å². The molecule has 0 aromatic heterocycles. The van der Waals surface area contributed by atoms with Crippen LogP contribution < -0.4 is 5.32 Å². The summed E-state index contributed by atoms with van der Waals surface area (Å²) in [6.45, 7) is 1.61. The van der Waals surface area contributed by atoms with Gasteiger partial charge in [-0.25, -0.2) is 0 Å². The Morgan fingerprint density at radius 1 is 1.62 bits per heavy atom. The van der Waals surface area contributed by atoms with Gasteiger partial charge >= 0.3 is 5.97 Å². The Kier molecular flexibility index (Phi) is 3.53. The van der Waals surface area contributed by atoms with Crippen molar-refractivity contribution in [3.63, 3.8) is 0 Å². The lowest BCUT2D eigenvalue weighted by atomic mass is 10.3. The summed E-state index contributed by atoms with van der Waals surface area (Å²) in [4.78, 5) is 10.5. The predicted molar refractivity (Wildman–Crippen MR) is 59.9 cm³/mol. The molecule has 0 spiro atoms. The molecule has 70 valence electrons. The zero-order chi connectivity index (χ0) is 9.84. The van der Waals surface area contributed by atoms with Gasteiger partial charge in [0, 0.05) is 9.26 Å². The fourth-order valence-corrected chi connectivity index (χ4v) is 1.43. The van der Waals surface area contributed by atoms with E-state index in [9.17, 15) is 4.79 Å². The number of rotatable bonds is 3. The summed E-state index contributed by atoms with van der Waals surface area (Å²) in [5, 5.41) is 11.5. The van der Waals surface area contributed by atoms with E-state index in [-0.39, 0.29) is 0 Å². The van der Waals surface area contributed by atoms with E-state index in [0.717, 1.165) is 9.26 Å². The van der Waals surface area contributed by atoms with Crippen LogP contribution in [-0.4, -0.2) is 17.1 Å². The standard InChI is InChI=1S/C9H10INO2/c1-6(9(12)13)11-8-4-2-3-7(10)5-8/h2-6,11H,1H3,(H,12,13). The molecule has 0 radical (unpaired) electrons. The minimum absolute atomic E-state index is 0.557. The Labute approximate surface area is 90.3 Å². The largest absolute Gasteiger partial charge is 0.480 e. The molecule has 0 aliphatic rings. The molecule has 1 unspecified atom stereocenters. The summed E-state index contributed by atoms with van der Waals surface area (Å²) in [6, 6.07) is 7.04. The van der Waals surface area contributed by atoms with Crippen LogP contribution in [-0.2, 0) is 4.79 Å². The maximum absolute atomic E-state index is 10.5. The van der Waals surface area contributed by atoms with Gasteiger partial charge in [0.05, 0.1) is 0 Å². The molecule has 0 amide bonds. The fourth-order valence-electron chi connectivity index (χ4n) is 0.890. The second-order valence-electron chi connectivity index (χ2n) is 2.71. The number of anilines is 1. The van der Waals surface area contributed by atoms with Gasteiger partial charge < -0.3 is 10.4 Å². The molecule has 1 atom stereocenters. The van der Waals surface area contributed by atoms with Gasteiger partial charge in [-0.15, -0.1) is 0 Å². The molecule has 2 N–H and O–H groups in total. The van der Waals surface area contributed by atoms with Crippen LogP contribution in [0.2, 0.25) is 0 Å². The van der Waals surface area contributed by atoms with Crippen LogP contribution in [0.4, 0.5) is 5.69 Å². The average molecular weight is 291 g/mol. The van der Waals surface area contributed by atoms with Crippen molar-refractivity contribution in [3.8, 4) is 0 Å². The quantitative estimate of drug-likeness (QED) is 0.839. The summed E-state index contributed by atoms with van der Waals surface area (Å²) in [7, 11) is 0. The van der Waals surface area contributed by atoms with Crippen molar-refractivity contribution in [1.82, 2.24) is 0 Å².